The third kappa shape index (κ3) is 7.14. The number of carbonyl (C=O) groups is 2. The SMILES string of the molecule is COc1c(Cl)cccc1NC(=S)C1=C(NCc2ccncc2OC[C@H]2CCN2C(=O)OC(C)(C)C)CCNC1=O. The molecule has 2 aliphatic rings. The van der Waals surface area contributed by atoms with Crippen molar-refractivity contribution in [3.8, 4) is 11.5 Å². The van der Waals surface area contributed by atoms with Gasteiger partial charge in [0.25, 0.3) is 5.91 Å². The van der Waals surface area contributed by atoms with Crippen LogP contribution in [0.4, 0.5) is 10.5 Å². The van der Waals surface area contributed by atoms with Gasteiger partial charge in [0.1, 0.15) is 22.9 Å². The largest absolute Gasteiger partial charge is 0.493 e. The molecule has 0 radical (unpaired) electrons. The Kier molecular flexibility index (Phi) is 9.36. The highest BCUT2D eigenvalue weighted by Crippen LogP contribution is 2.33. The number of hydrogen-bond acceptors (Lipinski definition) is 8. The number of aromatic nitrogens is 1. The van der Waals surface area contributed by atoms with Crippen molar-refractivity contribution in [1.29, 1.82) is 0 Å². The molecule has 4 rings (SSSR count). The van der Waals surface area contributed by atoms with Crippen LogP contribution in [-0.2, 0) is 16.1 Å². The van der Waals surface area contributed by atoms with Crippen LogP contribution in [0, 0.1) is 0 Å². The smallest absolute Gasteiger partial charge is 0.410 e. The predicted octanol–water partition coefficient (Wildman–Crippen LogP) is 4.43. The number of likely N-dealkylation sites (tertiary alicyclic amines) is 1. The number of pyridine rings is 1. The van der Waals surface area contributed by atoms with Crippen LogP contribution < -0.4 is 25.4 Å². The average molecular weight is 588 g/mol. The van der Waals surface area contributed by atoms with Gasteiger partial charge >= 0.3 is 6.09 Å². The summed E-state index contributed by atoms with van der Waals surface area (Å²) in [6.07, 6.45) is 4.40. The van der Waals surface area contributed by atoms with E-state index in [1.165, 1.54) is 7.11 Å². The van der Waals surface area contributed by atoms with Crippen molar-refractivity contribution >= 4 is 46.5 Å². The van der Waals surface area contributed by atoms with E-state index in [2.05, 4.69) is 20.9 Å². The predicted molar refractivity (Wildman–Crippen MR) is 157 cm³/mol. The summed E-state index contributed by atoms with van der Waals surface area (Å²) in [5.41, 5.74) is 1.92. The van der Waals surface area contributed by atoms with Crippen LogP contribution in [0.2, 0.25) is 5.02 Å². The zero-order valence-electron chi connectivity index (χ0n) is 23.0. The highest BCUT2D eigenvalue weighted by atomic mass is 35.5. The summed E-state index contributed by atoms with van der Waals surface area (Å²) in [6.45, 7) is 7.36. The maximum Gasteiger partial charge on any atom is 0.410 e. The second kappa shape index (κ2) is 12.7. The van der Waals surface area contributed by atoms with Crippen molar-refractivity contribution in [2.45, 2.75) is 51.8 Å². The third-order valence-corrected chi connectivity index (χ3v) is 7.01. The number of nitrogens with zero attached hydrogens (tertiary/aromatic N) is 2. The number of rotatable bonds is 9. The molecule has 1 aromatic heterocycles. The number of methoxy groups -OCH3 is 1. The Labute approximate surface area is 244 Å². The van der Waals surface area contributed by atoms with Crippen molar-refractivity contribution in [1.82, 2.24) is 20.5 Å². The fourth-order valence-electron chi connectivity index (χ4n) is 4.32. The molecule has 0 spiro atoms. The quantitative estimate of drug-likeness (QED) is 0.366. The lowest BCUT2D eigenvalue weighted by atomic mass is 10.1. The van der Waals surface area contributed by atoms with Gasteiger partial charge < -0.3 is 35.1 Å². The maximum absolute atomic E-state index is 12.9. The van der Waals surface area contributed by atoms with E-state index >= 15 is 0 Å². The average Bonchev–Trinajstić information content (AvgIpc) is 2.86. The Morgan fingerprint density at radius 3 is 2.80 bits per heavy atom. The third-order valence-electron chi connectivity index (χ3n) is 6.40. The van der Waals surface area contributed by atoms with Gasteiger partial charge in [-0.15, -0.1) is 0 Å². The molecule has 2 aliphatic heterocycles. The van der Waals surface area contributed by atoms with Crippen LogP contribution in [0.25, 0.3) is 0 Å². The van der Waals surface area contributed by atoms with Gasteiger partial charge in [-0.3, -0.25) is 9.78 Å². The minimum atomic E-state index is -0.554. The van der Waals surface area contributed by atoms with Gasteiger partial charge in [-0.1, -0.05) is 29.9 Å². The van der Waals surface area contributed by atoms with Crippen molar-refractivity contribution < 1.29 is 23.8 Å². The summed E-state index contributed by atoms with van der Waals surface area (Å²) in [7, 11) is 1.52. The molecule has 10 nitrogen and oxygen atoms in total. The van der Waals surface area contributed by atoms with Crippen molar-refractivity contribution in [3.05, 3.63) is 58.5 Å². The Bertz CT molecular complexity index is 1310. The van der Waals surface area contributed by atoms with Gasteiger partial charge in [-0.2, -0.15) is 0 Å². The second-order valence-electron chi connectivity index (χ2n) is 10.4. The molecule has 1 fully saturated rings. The van der Waals surface area contributed by atoms with Crippen LogP contribution in [0.1, 0.15) is 39.2 Å². The molecule has 40 heavy (non-hydrogen) atoms. The molecule has 1 aromatic carbocycles. The monoisotopic (exact) mass is 587 g/mol. The van der Waals surface area contributed by atoms with E-state index in [4.69, 9.17) is 38.0 Å². The zero-order chi connectivity index (χ0) is 28.9. The molecule has 0 saturated carbocycles. The van der Waals surface area contributed by atoms with Gasteiger partial charge in [0.05, 0.1) is 35.6 Å². The molecular formula is C28H34ClN5O5S. The van der Waals surface area contributed by atoms with Crippen molar-refractivity contribution in [3.63, 3.8) is 0 Å². The number of thiocarbonyl (C=S) groups is 1. The molecule has 0 bridgehead atoms. The topological polar surface area (TPSA) is 114 Å². The first-order chi connectivity index (χ1) is 19.1. The fraction of sp³-hybridized carbons (Fsp3) is 0.429. The summed E-state index contributed by atoms with van der Waals surface area (Å²) in [6, 6.07) is 7.04. The number of nitrogens with one attached hydrogen (secondary N) is 3. The number of hydrogen-bond donors (Lipinski definition) is 3. The van der Waals surface area contributed by atoms with Crippen LogP contribution >= 0.6 is 23.8 Å². The molecule has 2 aromatic rings. The molecule has 12 heteroatoms. The van der Waals surface area contributed by atoms with E-state index in [9.17, 15) is 9.59 Å². The van der Waals surface area contributed by atoms with Gasteiger partial charge in [0.2, 0.25) is 0 Å². The summed E-state index contributed by atoms with van der Waals surface area (Å²) < 4.78 is 17.0. The van der Waals surface area contributed by atoms with E-state index < -0.39 is 5.60 Å². The molecule has 2 amide bonds. The van der Waals surface area contributed by atoms with Crippen LogP contribution in [0.3, 0.4) is 0 Å². The van der Waals surface area contributed by atoms with Crippen molar-refractivity contribution in [2.75, 3.05) is 32.1 Å². The normalized spacial score (nSPS) is 17.0. The second-order valence-corrected chi connectivity index (χ2v) is 11.2. The number of carbonyl (C=O) groups excluding carboxylic acids is 2. The molecule has 3 N–H and O–H groups in total. The minimum absolute atomic E-state index is 0.0702. The Morgan fingerprint density at radius 1 is 1.30 bits per heavy atom. The number of para-hydroxylation sites is 1. The molecule has 0 unspecified atom stereocenters. The van der Waals surface area contributed by atoms with E-state index in [1.807, 2.05) is 26.8 Å². The summed E-state index contributed by atoms with van der Waals surface area (Å²) in [5.74, 6) is 0.761. The van der Waals surface area contributed by atoms with Gasteiger partial charge in [0.15, 0.2) is 5.75 Å². The number of ether oxygens (including phenoxy) is 3. The van der Waals surface area contributed by atoms with Gasteiger partial charge in [-0.05, 0) is 45.4 Å². The lowest BCUT2D eigenvalue weighted by Gasteiger charge is -2.41. The highest BCUT2D eigenvalue weighted by molar-refractivity contribution is 7.81. The standard InChI is InChI=1S/C28H34ClN5O5S/c1-28(2,3)39-27(36)34-13-10-18(34)16-38-22-15-30-11-8-17(22)14-32-20-9-12-31-25(35)23(20)26(40)33-21-7-5-6-19(29)24(21)37-4/h5-8,11,15,18,32H,9-10,12-14,16H2,1-4H3,(H,31,35)(H,33,40)/t18-/m1/s1. The lowest BCUT2D eigenvalue weighted by molar-refractivity contribution is -0.117. The van der Waals surface area contributed by atoms with E-state index in [0.717, 1.165) is 12.0 Å². The van der Waals surface area contributed by atoms with Gasteiger partial charge in [0, 0.05) is 43.5 Å². The summed E-state index contributed by atoms with van der Waals surface area (Å²) in [5, 5.41) is 9.76. The Morgan fingerprint density at radius 2 is 2.10 bits per heavy atom. The highest BCUT2D eigenvalue weighted by Gasteiger charge is 2.36. The van der Waals surface area contributed by atoms with Crippen LogP contribution in [-0.4, -0.2) is 65.3 Å². The number of amides is 2. The Balaban J connectivity index is 1.43. The van der Waals surface area contributed by atoms with Crippen molar-refractivity contribution in [2.24, 2.45) is 0 Å². The zero-order valence-corrected chi connectivity index (χ0v) is 24.6. The van der Waals surface area contributed by atoms with Crippen LogP contribution in [0.5, 0.6) is 11.5 Å². The first kappa shape index (κ1) is 29.4. The molecular weight excluding hydrogens is 554 g/mol. The molecule has 214 valence electrons. The molecule has 1 atom stereocenters. The van der Waals surface area contributed by atoms with E-state index in [1.54, 1.807) is 35.5 Å². The molecule has 3 heterocycles. The minimum Gasteiger partial charge on any atom is -0.493 e. The lowest BCUT2D eigenvalue weighted by Crippen LogP contribution is -2.55. The Hall–Kier alpha value is -3.57. The number of anilines is 1. The maximum atomic E-state index is 12.9. The summed E-state index contributed by atoms with van der Waals surface area (Å²) >= 11 is 11.9. The number of benzene rings is 1. The van der Waals surface area contributed by atoms with E-state index in [0.29, 0.717) is 66.1 Å². The first-order valence-corrected chi connectivity index (χ1v) is 13.8. The summed E-state index contributed by atoms with van der Waals surface area (Å²) in [4.78, 5) is 31.4. The fourth-order valence-corrected chi connectivity index (χ4v) is 4.89. The first-order valence-electron chi connectivity index (χ1n) is 13.0. The van der Waals surface area contributed by atoms with Gasteiger partial charge in [-0.25, -0.2) is 4.79 Å². The van der Waals surface area contributed by atoms with Crippen LogP contribution in [0.15, 0.2) is 47.9 Å². The number of halogens is 1. The van der Waals surface area contributed by atoms with E-state index in [-0.39, 0.29) is 23.0 Å². The molecule has 0 aliphatic carbocycles. The molecule has 1 saturated heterocycles.